The maximum atomic E-state index is 12.4. The summed E-state index contributed by atoms with van der Waals surface area (Å²) in [6.45, 7) is 2.40. The number of rotatable bonds is 1. The summed E-state index contributed by atoms with van der Waals surface area (Å²) in [4.78, 5) is 13.6. The van der Waals surface area contributed by atoms with Crippen LogP contribution in [-0.2, 0) is 6.18 Å². The largest absolute Gasteiger partial charge is 0.416 e. The van der Waals surface area contributed by atoms with Gasteiger partial charge in [-0.1, -0.05) is 0 Å². The number of alkyl halides is 3. The molecule has 0 aromatic heterocycles. The molecule has 1 saturated heterocycles. The number of hydrogen-bond acceptors (Lipinski definition) is 2. The molecule has 0 aliphatic carbocycles. The van der Waals surface area contributed by atoms with Crippen LogP contribution >= 0.6 is 0 Å². The van der Waals surface area contributed by atoms with Crippen molar-refractivity contribution in [1.29, 1.82) is 0 Å². The van der Waals surface area contributed by atoms with Gasteiger partial charge in [-0.05, 0) is 37.6 Å². The zero-order valence-electron chi connectivity index (χ0n) is 10.9. The molecule has 4 nitrogen and oxygen atoms in total. The first-order valence-electron chi connectivity index (χ1n) is 6.29. The average molecular weight is 287 g/mol. The van der Waals surface area contributed by atoms with E-state index in [0.717, 1.165) is 18.6 Å². The number of benzene rings is 1. The molecule has 20 heavy (non-hydrogen) atoms. The number of carbonyl (C=O) groups is 1. The summed E-state index contributed by atoms with van der Waals surface area (Å²) in [5.74, 6) is 0. The Morgan fingerprint density at radius 2 is 1.95 bits per heavy atom. The monoisotopic (exact) mass is 287 g/mol. The Morgan fingerprint density at radius 1 is 1.35 bits per heavy atom. The molecule has 1 aliphatic rings. The quantitative estimate of drug-likeness (QED) is 0.834. The lowest BCUT2D eigenvalue weighted by atomic mass is 10.2. The molecule has 0 spiro atoms. The first-order chi connectivity index (χ1) is 9.29. The van der Waals surface area contributed by atoms with Gasteiger partial charge in [-0.15, -0.1) is 0 Å². The van der Waals surface area contributed by atoms with Gasteiger partial charge >= 0.3 is 12.2 Å². The number of anilines is 1. The Bertz CT molecular complexity index is 487. The van der Waals surface area contributed by atoms with Crippen molar-refractivity contribution in [3.8, 4) is 0 Å². The fourth-order valence-electron chi connectivity index (χ4n) is 2.19. The van der Waals surface area contributed by atoms with E-state index >= 15 is 0 Å². The van der Waals surface area contributed by atoms with E-state index in [1.807, 2.05) is 6.92 Å². The third kappa shape index (κ3) is 3.04. The third-order valence-electron chi connectivity index (χ3n) is 3.54. The number of nitrogens with two attached hydrogens (primary N) is 1. The zero-order chi connectivity index (χ0) is 14.9. The number of likely N-dealkylation sites (tertiary alicyclic amines) is 1. The zero-order valence-corrected chi connectivity index (χ0v) is 10.9. The highest BCUT2D eigenvalue weighted by molar-refractivity contribution is 5.89. The first-order valence-corrected chi connectivity index (χ1v) is 6.29. The third-order valence-corrected chi connectivity index (χ3v) is 3.54. The van der Waals surface area contributed by atoms with Crippen LogP contribution in [0.4, 0.5) is 23.7 Å². The van der Waals surface area contributed by atoms with Crippen molar-refractivity contribution in [2.24, 2.45) is 5.73 Å². The Morgan fingerprint density at radius 3 is 2.40 bits per heavy atom. The molecule has 3 N–H and O–H groups in total. The number of urea groups is 1. The molecule has 1 aromatic carbocycles. The average Bonchev–Trinajstić information content (AvgIpc) is 2.69. The van der Waals surface area contributed by atoms with Gasteiger partial charge in [-0.3, -0.25) is 0 Å². The second-order valence-electron chi connectivity index (χ2n) is 4.89. The second-order valence-corrected chi connectivity index (χ2v) is 4.89. The summed E-state index contributed by atoms with van der Waals surface area (Å²) in [6, 6.07) is 3.87. The highest BCUT2D eigenvalue weighted by atomic mass is 19.4. The molecule has 110 valence electrons. The Kier molecular flexibility index (Phi) is 3.89. The van der Waals surface area contributed by atoms with Gasteiger partial charge in [0.2, 0.25) is 0 Å². The van der Waals surface area contributed by atoms with E-state index in [0.29, 0.717) is 12.2 Å². The SMILES string of the molecule is CC1C(N)CCN1C(=O)Nc1ccc(C(F)(F)F)cc1. The molecule has 1 fully saturated rings. The summed E-state index contributed by atoms with van der Waals surface area (Å²) < 4.78 is 37.2. The maximum absolute atomic E-state index is 12.4. The number of amides is 2. The summed E-state index contributed by atoms with van der Waals surface area (Å²) >= 11 is 0. The van der Waals surface area contributed by atoms with E-state index in [-0.39, 0.29) is 18.1 Å². The topological polar surface area (TPSA) is 58.4 Å². The highest BCUT2D eigenvalue weighted by Crippen LogP contribution is 2.30. The van der Waals surface area contributed by atoms with E-state index in [2.05, 4.69) is 5.32 Å². The molecule has 2 unspecified atom stereocenters. The predicted octanol–water partition coefficient (Wildman–Crippen LogP) is 2.66. The minimum absolute atomic E-state index is 0.0617. The normalized spacial score (nSPS) is 22.9. The van der Waals surface area contributed by atoms with E-state index in [1.54, 1.807) is 4.90 Å². The van der Waals surface area contributed by atoms with E-state index in [9.17, 15) is 18.0 Å². The van der Waals surface area contributed by atoms with Gasteiger partial charge in [0, 0.05) is 24.3 Å². The predicted molar refractivity (Wildman–Crippen MR) is 69.2 cm³/mol. The molecule has 0 saturated carbocycles. The number of hydrogen-bond donors (Lipinski definition) is 2. The van der Waals surface area contributed by atoms with Gasteiger partial charge in [0.1, 0.15) is 0 Å². The molecule has 7 heteroatoms. The lowest BCUT2D eigenvalue weighted by Gasteiger charge is -2.23. The molecule has 1 aromatic rings. The Labute approximate surface area is 114 Å². The van der Waals surface area contributed by atoms with Gasteiger partial charge < -0.3 is 16.0 Å². The molecule has 1 heterocycles. The first kappa shape index (κ1) is 14.6. The van der Waals surface area contributed by atoms with Crippen LogP contribution < -0.4 is 11.1 Å². The molecular formula is C13H16F3N3O. The van der Waals surface area contributed by atoms with Crippen molar-refractivity contribution in [2.45, 2.75) is 31.6 Å². The number of nitrogens with zero attached hydrogens (tertiary/aromatic N) is 1. The summed E-state index contributed by atoms with van der Waals surface area (Å²) in [6.07, 6.45) is -3.65. The Hall–Kier alpha value is -1.76. The maximum Gasteiger partial charge on any atom is 0.416 e. The standard InChI is InChI=1S/C13H16F3N3O/c1-8-11(17)6-7-19(8)12(20)18-10-4-2-9(3-5-10)13(14,15)16/h2-5,8,11H,6-7,17H2,1H3,(H,18,20). The van der Waals surface area contributed by atoms with Crippen LogP contribution in [0.15, 0.2) is 24.3 Å². The minimum Gasteiger partial charge on any atom is -0.326 e. The molecule has 0 radical (unpaired) electrons. The smallest absolute Gasteiger partial charge is 0.326 e. The molecule has 1 aliphatic heterocycles. The molecule has 2 atom stereocenters. The summed E-state index contributed by atoms with van der Waals surface area (Å²) in [5.41, 5.74) is 5.41. The van der Waals surface area contributed by atoms with Crippen molar-refractivity contribution in [3.63, 3.8) is 0 Å². The van der Waals surface area contributed by atoms with Crippen LogP contribution in [-0.4, -0.2) is 29.6 Å². The number of nitrogens with one attached hydrogen (secondary N) is 1. The fourth-order valence-corrected chi connectivity index (χ4v) is 2.19. The van der Waals surface area contributed by atoms with Gasteiger partial charge in [-0.25, -0.2) is 4.79 Å². The van der Waals surface area contributed by atoms with E-state index < -0.39 is 11.7 Å². The van der Waals surface area contributed by atoms with Crippen LogP contribution in [0, 0.1) is 0 Å². The van der Waals surface area contributed by atoms with Gasteiger partial charge in [-0.2, -0.15) is 13.2 Å². The van der Waals surface area contributed by atoms with Gasteiger partial charge in [0.15, 0.2) is 0 Å². The van der Waals surface area contributed by atoms with Crippen LogP contribution in [0.1, 0.15) is 18.9 Å². The van der Waals surface area contributed by atoms with Crippen molar-refractivity contribution >= 4 is 11.7 Å². The molecule has 2 amide bonds. The summed E-state index contributed by atoms with van der Waals surface area (Å²) in [7, 11) is 0. The van der Waals surface area contributed by atoms with Gasteiger partial charge in [0.05, 0.1) is 5.56 Å². The van der Waals surface area contributed by atoms with E-state index in [1.165, 1.54) is 12.1 Å². The summed E-state index contributed by atoms with van der Waals surface area (Å²) in [5, 5.41) is 2.58. The van der Waals surface area contributed by atoms with Crippen LogP contribution in [0.5, 0.6) is 0 Å². The van der Waals surface area contributed by atoms with Crippen LogP contribution in [0.3, 0.4) is 0 Å². The van der Waals surface area contributed by atoms with Crippen LogP contribution in [0.25, 0.3) is 0 Å². The lowest BCUT2D eigenvalue weighted by Crippen LogP contribution is -2.42. The molecule has 2 rings (SSSR count). The molecule has 0 bridgehead atoms. The van der Waals surface area contributed by atoms with Crippen LogP contribution in [0.2, 0.25) is 0 Å². The van der Waals surface area contributed by atoms with Crippen molar-refractivity contribution in [1.82, 2.24) is 4.90 Å². The van der Waals surface area contributed by atoms with Crippen molar-refractivity contribution in [3.05, 3.63) is 29.8 Å². The fraction of sp³-hybridized carbons (Fsp3) is 0.462. The van der Waals surface area contributed by atoms with Gasteiger partial charge in [0.25, 0.3) is 0 Å². The van der Waals surface area contributed by atoms with Crippen molar-refractivity contribution < 1.29 is 18.0 Å². The minimum atomic E-state index is -4.38. The number of carbonyl (C=O) groups excluding carboxylic acids is 1. The van der Waals surface area contributed by atoms with E-state index in [4.69, 9.17) is 5.73 Å². The van der Waals surface area contributed by atoms with Crippen molar-refractivity contribution in [2.75, 3.05) is 11.9 Å². The molecular weight excluding hydrogens is 271 g/mol. The Balaban J connectivity index is 2.02. The highest BCUT2D eigenvalue weighted by Gasteiger charge is 2.32. The lowest BCUT2D eigenvalue weighted by molar-refractivity contribution is -0.137. The number of halogens is 3. The second kappa shape index (κ2) is 5.32.